The maximum absolute atomic E-state index is 12.6. The lowest BCUT2D eigenvalue weighted by Gasteiger charge is -2.12. The van der Waals surface area contributed by atoms with Gasteiger partial charge in [-0.15, -0.1) is 0 Å². The van der Waals surface area contributed by atoms with Gasteiger partial charge in [-0.05, 0) is 18.4 Å². The van der Waals surface area contributed by atoms with Crippen molar-refractivity contribution in [3.8, 4) is 0 Å². The number of rotatable bonds is 7. The van der Waals surface area contributed by atoms with Crippen LogP contribution in [0.25, 0.3) is 0 Å². The van der Waals surface area contributed by atoms with Crippen molar-refractivity contribution in [2.75, 3.05) is 18.5 Å². The van der Waals surface area contributed by atoms with Crippen molar-refractivity contribution in [3.05, 3.63) is 46.5 Å². The number of carbonyl (C=O) groups excluding carboxylic acids is 4. The predicted octanol–water partition coefficient (Wildman–Crippen LogP) is 2.50. The lowest BCUT2D eigenvalue weighted by Crippen LogP contribution is -2.38. The fraction of sp³-hybridized carbons (Fsp3) is 0.350. The van der Waals surface area contributed by atoms with Gasteiger partial charge in [0.25, 0.3) is 5.91 Å². The average molecular weight is 430 g/mol. The highest BCUT2D eigenvalue weighted by Gasteiger charge is 2.39. The maximum Gasteiger partial charge on any atom is 0.350 e. The van der Waals surface area contributed by atoms with Gasteiger partial charge in [-0.1, -0.05) is 55.5 Å². The molecule has 2 aromatic rings. The molecule has 2 N–H and O–H groups in total. The number of aryl methyl sites for hydroxylation is 1. The molecule has 3 rings (SSSR count). The molecule has 10 heteroatoms. The molecular weight excluding hydrogens is 408 g/mol. The molecule has 1 aromatic carbocycles. The number of benzene rings is 1. The summed E-state index contributed by atoms with van der Waals surface area (Å²) in [6.45, 7) is 5.32. The summed E-state index contributed by atoms with van der Waals surface area (Å²) >= 11 is 0.983. The van der Waals surface area contributed by atoms with E-state index in [1.165, 1.54) is 0 Å². The van der Waals surface area contributed by atoms with E-state index in [0.29, 0.717) is 16.1 Å². The molecular formula is C20H22N4O5S. The molecule has 0 spiro atoms. The van der Waals surface area contributed by atoms with E-state index >= 15 is 0 Å². The van der Waals surface area contributed by atoms with Gasteiger partial charge in [0.2, 0.25) is 5.91 Å². The molecule has 0 saturated carbocycles. The van der Waals surface area contributed by atoms with Gasteiger partial charge in [-0.3, -0.25) is 14.5 Å². The van der Waals surface area contributed by atoms with Crippen molar-refractivity contribution in [2.24, 2.45) is 5.92 Å². The highest BCUT2D eigenvalue weighted by molar-refractivity contribution is 7.17. The Morgan fingerprint density at radius 1 is 1.27 bits per heavy atom. The number of hydrogen-bond donors (Lipinski definition) is 2. The van der Waals surface area contributed by atoms with Crippen LogP contribution < -0.4 is 10.6 Å². The van der Waals surface area contributed by atoms with Crippen LogP contribution >= 0.6 is 11.3 Å². The number of imide groups is 1. The maximum atomic E-state index is 12.6. The van der Waals surface area contributed by atoms with E-state index in [0.717, 1.165) is 16.2 Å². The lowest BCUT2D eigenvalue weighted by molar-refractivity contribution is -0.130. The Kier molecular flexibility index (Phi) is 6.46. The van der Waals surface area contributed by atoms with E-state index in [9.17, 15) is 19.2 Å². The first-order chi connectivity index (χ1) is 14.3. The first-order valence-electron chi connectivity index (χ1n) is 9.37. The average Bonchev–Trinajstić information content (AvgIpc) is 3.20. The summed E-state index contributed by atoms with van der Waals surface area (Å²) in [6, 6.07) is 7.32. The molecule has 4 amide bonds. The minimum Gasteiger partial charge on any atom is -0.461 e. The number of aromatic nitrogens is 1. The Hall–Kier alpha value is -3.27. The number of anilines is 1. The van der Waals surface area contributed by atoms with Gasteiger partial charge in [0.15, 0.2) is 5.13 Å². The van der Waals surface area contributed by atoms with Gasteiger partial charge in [0, 0.05) is 0 Å². The van der Waals surface area contributed by atoms with Gasteiger partial charge >= 0.3 is 12.0 Å². The van der Waals surface area contributed by atoms with E-state index in [4.69, 9.17) is 4.74 Å². The molecule has 0 aliphatic carbocycles. The molecule has 1 aliphatic rings. The van der Waals surface area contributed by atoms with Crippen LogP contribution in [0.5, 0.6) is 0 Å². The summed E-state index contributed by atoms with van der Waals surface area (Å²) in [6.07, 6.45) is 0. The number of urea groups is 1. The molecule has 0 radical (unpaired) electrons. The monoisotopic (exact) mass is 430 g/mol. The van der Waals surface area contributed by atoms with Crippen LogP contribution in [-0.4, -0.2) is 46.9 Å². The van der Waals surface area contributed by atoms with E-state index in [-0.39, 0.29) is 17.7 Å². The number of nitrogens with one attached hydrogen (secondary N) is 2. The molecule has 9 nitrogen and oxygen atoms in total. The zero-order valence-corrected chi connectivity index (χ0v) is 17.6. The summed E-state index contributed by atoms with van der Waals surface area (Å²) in [5.41, 5.74) is 1.07. The third kappa shape index (κ3) is 4.82. The second-order valence-corrected chi connectivity index (χ2v) is 8.19. The Morgan fingerprint density at radius 3 is 2.63 bits per heavy atom. The van der Waals surface area contributed by atoms with Crippen LogP contribution in [0.1, 0.15) is 40.8 Å². The Bertz CT molecular complexity index is 973. The van der Waals surface area contributed by atoms with Crippen molar-refractivity contribution in [1.82, 2.24) is 15.2 Å². The number of esters is 1. The molecule has 1 saturated heterocycles. The summed E-state index contributed by atoms with van der Waals surface area (Å²) in [5.74, 6) is -1.40. The minimum atomic E-state index is -0.823. The first kappa shape index (κ1) is 21.4. The van der Waals surface area contributed by atoms with E-state index in [1.54, 1.807) is 37.3 Å². The molecule has 158 valence electrons. The van der Waals surface area contributed by atoms with Gasteiger partial charge in [0.05, 0.1) is 12.3 Å². The van der Waals surface area contributed by atoms with Gasteiger partial charge in [0.1, 0.15) is 17.5 Å². The molecule has 1 fully saturated rings. The van der Waals surface area contributed by atoms with Crippen molar-refractivity contribution in [3.63, 3.8) is 0 Å². The van der Waals surface area contributed by atoms with Crippen LogP contribution in [-0.2, 0) is 14.3 Å². The second kappa shape index (κ2) is 9.04. The molecule has 1 unspecified atom stereocenters. The number of thiazole rings is 1. The SMILES string of the molecule is Cc1nc(NC(=O)CN2C(=O)NC(c3ccccc3)C2=O)sc1C(=O)OCC(C)C. The van der Waals surface area contributed by atoms with Gasteiger partial charge < -0.3 is 15.4 Å². The van der Waals surface area contributed by atoms with Crippen LogP contribution in [0.15, 0.2) is 30.3 Å². The quantitative estimate of drug-likeness (QED) is 0.515. The molecule has 1 aromatic heterocycles. The summed E-state index contributed by atoms with van der Waals surface area (Å²) in [5, 5.41) is 5.30. The van der Waals surface area contributed by atoms with Crippen LogP contribution in [0.2, 0.25) is 0 Å². The van der Waals surface area contributed by atoms with Crippen LogP contribution in [0.3, 0.4) is 0 Å². The third-order valence-corrected chi connectivity index (χ3v) is 5.29. The van der Waals surface area contributed by atoms with Gasteiger partial charge in [-0.2, -0.15) is 0 Å². The number of carbonyl (C=O) groups is 4. The fourth-order valence-electron chi connectivity index (χ4n) is 2.79. The van der Waals surface area contributed by atoms with Crippen molar-refractivity contribution >= 4 is 40.3 Å². The van der Waals surface area contributed by atoms with Crippen molar-refractivity contribution in [2.45, 2.75) is 26.8 Å². The number of hydrogen-bond acceptors (Lipinski definition) is 7. The Morgan fingerprint density at radius 2 is 1.97 bits per heavy atom. The lowest BCUT2D eigenvalue weighted by atomic mass is 10.1. The first-order valence-corrected chi connectivity index (χ1v) is 10.2. The van der Waals surface area contributed by atoms with Crippen LogP contribution in [0.4, 0.5) is 9.93 Å². The third-order valence-electron chi connectivity index (χ3n) is 4.24. The fourth-order valence-corrected chi connectivity index (χ4v) is 3.67. The Labute approximate surface area is 177 Å². The van der Waals surface area contributed by atoms with E-state index < -0.39 is 36.4 Å². The standard InChI is InChI=1S/C20H22N4O5S/c1-11(2)10-29-18(27)16-12(3)21-19(30-16)22-14(25)9-24-17(26)15(23-20(24)28)13-7-5-4-6-8-13/h4-8,11,15H,9-10H2,1-3H3,(H,23,28)(H,21,22,25). The predicted molar refractivity (Wildman–Crippen MR) is 110 cm³/mol. The second-order valence-electron chi connectivity index (χ2n) is 7.19. The Balaban J connectivity index is 1.62. The smallest absolute Gasteiger partial charge is 0.350 e. The molecule has 1 aliphatic heterocycles. The molecule has 0 bridgehead atoms. The molecule has 1 atom stereocenters. The number of nitrogens with zero attached hydrogens (tertiary/aromatic N) is 2. The van der Waals surface area contributed by atoms with Crippen LogP contribution in [0, 0.1) is 12.8 Å². The largest absolute Gasteiger partial charge is 0.461 e. The van der Waals surface area contributed by atoms with E-state index in [1.807, 2.05) is 13.8 Å². The van der Waals surface area contributed by atoms with Crippen molar-refractivity contribution in [1.29, 1.82) is 0 Å². The summed E-state index contributed by atoms with van der Waals surface area (Å²) < 4.78 is 5.19. The summed E-state index contributed by atoms with van der Waals surface area (Å²) in [7, 11) is 0. The van der Waals surface area contributed by atoms with Gasteiger partial charge in [-0.25, -0.2) is 14.6 Å². The minimum absolute atomic E-state index is 0.195. The normalized spacial score (nSPS) is 16.0. The number of ether oxygens (including phenoxy) is 1. The molecule has 30 heavy (non-hydrogen) atoms. The topological polar surface area (TPSA) is 118 Å². The van der Waals surface area contributed by atoms with Crippen molar-refractivity contribution < 1.29 is 23.9 Å². The van der Waals surface area contributed by atoms with E-state index in [2.05, 4.69) is 15.6 Å². The zero-order chi connectivity index (χ0) is 21.8. The highest BCUT2D eigenvalue weighted by atomic mass is 32.1. The zero-order valence-electron chi connectivity index (χ0n) is 16.8. The summed E-state index contributed by atoms with van der Waals surface area (Å²) in [4.78, 5) is 54.6. The highest BCUT2D eigenvalue weighted by Crippen LogP contribution is 2.25. The number of amides is 4. The molecule has 2 heterocycles.